The Morgan fingerprint density at radius 1 is 1.38 bits per heavy atom. The molecule has 2 N–H and O–H groups in total. The van der Waals surface area contributed by atoms with Crippen molar-refractivity contribution in [2.24, 2.45) is 0 Å². The quantitative estimate of drug-likeness (QED) is 0.691. The summed E-state index contributed by atoms with van der Waals surface area (Å²) in [6, 6.07) is 9.03. The molecule has 0 unspecified atom stereocenters. The van der Waals surface area contributed by atoms with Gasteiger partial charge in [-0.25, -0.2) is 0 Å². The molecule has 13 heavy (non-hydrogen) atoms. The largest absolute Gasteiger partial charge is 0.385 e. The lowest BCUT2D eigenvalue weighted by molar-refractivity contribution is -0.0275. The minimum absolute atomic E-state index is 0.687. The van der Waals surface area contributed by atoms with Crippen LogP contribution in [-0.4, -0.2) is 15.8 Å². The lowest BCUT2D eigenvalue weighted by Crippen LogP contribution is -2.29. The molecule has 0 spiro atoms. The third kappa shape index (κ3) is 2.17. The van der Waals surface area contributed by atoms with Crippen LogP contribution in [-0.2, 0) is 0 Å². The molecule has 0 saturated heterocycles. The van der Waals surface area contributed by atoms with Crippen molar-refractivity contribution < 1.29 is 10.2 Å². The van der Waals surface area contributed by atoms with Gasteiger partial charge in [0.05, 0.1) is 0 Å². The molecule has 0 aliphatic heterocycles. The first-order chi connectivity index (χ1) is 6.08. The summed E-state index contributed by atoms with van der Waals surface area (Å²) in [5.74, 6) is 0. The van der Waals surface area contributed by atoms with Gasteiger partial charge in [0.15, 0.2) is 0 Å². The number of aliphatic hydroxyl groups excluding tert-OH is 1. The van der Waals surface area contributed by atoms with Crippen LogP contribution >= 0.6 is 0 Å². The Kier molecular flexibility index (Phi) is 2.86. The Balaban J connectivity index is 2.91. The summed E-state index contributed by atoms with van der Waals surface area (Å²) in [4.78, 5) is 0. The van der Waals surface area contributed by atoms with Crippen molar-refractivity contribution >= 4 is 0 Å². The molecule has 2 heteroatoms. The lowest BCUT2D eigenvalue weighted by atomic mass is 9.93. The number of aliphatic hydroxyl groups is 2. The fourth-order valence-electron chi connectivity index (χ4n) is 1.08. The lowest BCUT2D eigenvalue weighted by Gasteiger charge is -2.25. The van der Waals surface area contributed by atoms with Gasteiger partial charge in [-0.2, -0.15) is 0 Å². The topological polar surface area (TPSA) is 40.5 Å². The summed E-state index contributed by atoms with van der Waals surface area (Å²) in [5.41, 5.74) is -0.589. The van der Waals surface area contributed by atoms with Crippen LogP contribution in [0.3, 0.4) is 0 Å². The molecule has 1 aromatic rings. The number of hydrogen-bond acceptors (Lipinski definition) is 2. The third-order valence-electron chi connectivity index (χ3n) is 2.08. The maximum Gasteiger partial charge on any atom is 0.111 e. The van der Waals surface area contributed by atoms with E-state index < -0.39 is 11.7 Å². The summed E-state index contributed by atoms with van der Waals surface area (Å²) in [6.07, 6.45) is 0.413. The molecule has 2 atom stereocenters. The van der Waals surface area contributed by atoms with Gasteiger partial charge >= 0.3 is 0 Å². The van der Waals surface area contributed by atoms with E-state index in [-0.39, 0.29) is 0 Å². The minimum atomic E-state index is -1.28. The fraction of sp³-hybridized carbons (Fsp3) is 0.273. The van der Waals surface area contributed by atoms with Crippen molar-refractivity contribution in [2.75, 3.05) is 0 Å². The van der Waals surface area contributed by atoms with Crippen LogP contribution in [0, 0.1) is 0 Å². The highest BCUT2D eigenvalue weighted by molar-refractivity contribution is 5.21. The van der Waals surface area contributed by atoms with Crippen molar-refractivity contribution in [3.63, 3.8) is 0 Å². The molecule has 1 rings (SSSR count). The summed E-state index contributed by atoms with van der Waals surface area (Å²) in [5, 5.41) is 19.4. The SMILES string of the molecule is C=C[C@](C)(O)[C@H](O)c1ccccc1. The van der Waals surface area contributed by atoms with Crippen LogP contribution < -0.4 is 0 Å². The van der Waals surface area contributed by atoms with Gasteiger partial charge in [0.2, 0.25) is 0 Å². The molecule has 2 nitrogen and oxygen atoms in total. The van der Waals surface area contributed by atoms with Crippen molar-refractivity contribution in [2.45, 2.75) is 18.6 Å². The highest BCUT2D eigenvalue weighted by atomic mass is 16.3. The Bertz CT molecular complexity index is 277. The maximum atomic E-state index is 9.73. The fourth-order valence-corrected chi connectivity index (χ4v) is 1.08. The van der Waals surface area contributed by atoms with Crippen LogP contribution in [0.25, 0.3) is 0 Å². The number of benzene rings is 1. The van der Waals surface area contributed by atoms with Gasteiger partial charge in [-0.05, 0) is 12.5 Å². The van der Waals surface area contributed by atoms with E-state index in [1.165, 1.54) is 13.0 Å². The second-order valence-electron chi connectivity index (χ2n) is 3.24. The van der Waals surface area contributed by atoms with Gasteiger partial charge in [0.25, 0.3) is 0 Å². The van der Waals surface area contributed by atoms with Crippen molar-refractivity contribution in [1.29, 1.82) is 0 Å². The second kappa shape index (κ2) is 3.73. The van der Waals surface area contributed by atoms with Crippen LogP contribution in [0.2, 0.25) is 0 Å². The van der Waals surface area contributed by atoms with Crippen molar-refractivity contribution in [3.05, 3.63) is 48.6 Å². The molecular formula is C11H14O2. The van der Waals surface area contributed by atoms with Crippen LogP contribution in [0.4, 0.5) is 0 Å². The Labute approximate surface area is 78.2 Å². The van der Waals surface area contributed by atoms with E-state index in [2.05, 4.69) is 6.58 Å². The van der Waals surface area contributed by atoms with E-state index in [0.29, 0.717) is 5.56 Å². The first kappa shape index (κ1) is 9.96. The normalized spacial score (nSPS) is 17.5. The molecule has 0 fully saturated rings. The van der Waals surface area contributed by atoms with Gasteiger partial charge in [0, 0.05) is 0 Å². The van der Waals surface area contributed by atoms with Crippen molar-refractivity contribution in [3.8, 4) is 0 Å². The number of rotatable bonds is 3. The standard InChI is InChI=1S/C11H14O2/c1-3-11(2,13)10(12)9-7-5-4-6-8-9/h3-8,10,12-13H,1H2,2H3/t10-,11+/m1/s1. The maximum absolute atomic E-state index is 9.73. The van der Waals surface area contributed by atoms with Gasteiger partial charge < -0.3 is 10.2 Å². The third-order valence-corrected chi connectivity index (χ3v) is 2.08. The second-order valence-corrected chi connectivity index (χ2v) is 3.24. The molecule has 0 aliphatic carbocycles. The van der Waals surface area contributed by atoms with Gasteiger partial charge in [-0.1, -0.05) is 36.4 Å². The molecule has 0 aromatic heterocycles. The smallest absolute Gasteiger partial charge is 0.111 e. The zero-order valence-electron chi connectivity index (χ0n) is 7.64. The van der Waals surface area contributed by atoms with E-state index in [4.69, 9.17) is 0 Å². The van der Waals surface area contributed by atoms with E-state index in [1.54, 1.807) is 12.1 Å². The average Bonchev–Trinajstić information content (AvgIpc) is 2.18. The van der Waals surface area contributed by atoms with Crippen molar-refractivity contribution in [1.82, 2.24) is 0 Å². The van der Waals surface area contributed by atoms with E-state index >= 15 is 0 Å². The predicted molar refractivity (Wildman–Crippen MR) is 52.2 cm³/mol. The molecule has 0 radical (unpaired) electrons. The Morgan fingerprint density at radius 3 is 2.38 bits per heavy atom. The summed E-state index contributed by atoms with van der Waals surface area (Å²) < 4.78 is 0. The molecule has 0 aliphatic rings. The monoisotopic (exact) mass is 178 g/mol. The molecular weight excluding hydrogens is 164 g/mol. The zero-order chi connectivity index (χ0) is 9.90. The van der Waals surface area contributed by atoms with Gasteiger partial charge in [-0.15, -0.1) is 6.58 Å². The first-order valence-corrected chi connectivity index (χ1v) is 4.17. The minimum Gasteiger partial charge on any atom is -0.385 e. The summed E-state index contributed by atoms with van der Waals surface area (Å²) >= 11 is 0. The molecule has 0 amide bonds. The van der Waals surface area contributed by atoms with Crippen LogP contribution in [0.5, 0.6) is 0 Å². The highest BCUT2D eigenvalue weighted by Crippen LogP contribution is 2.25. The van der Waals surface area contributed by atoms with Gasteiger partial charge in [-0.3, -0.25) is 0 Å². The van der Waals surface area contributed by atoms with E-state index in [0.717, 1.165) is 0 Å². The molecule has 70 valence electrons. The van der Waals surface area contributed by atoms with Crippen LogP contribution in [0.15, 0.2) is 43.0 Å². The number of hydrogen-bond donors (Lipinski definition) is 2. The molecule has 1 aromatic carbocycles. The average molecular weight is 178 g/mol. The van der Waals surface area contributed by atoms with Gasteiger partial charge in [0.1, 0.15) is 11.7 Å². The Hall–Kier alpha value is -1.12. The molecule has 0 heterocycles. The first-order valence-electron chi connectivity index (χ1n) is 4.17. The zero-order valence-corrected chi connectivity index (χ0v) is 7.64. The molecule has 0 saturated carbocycles. The Morgan fingerprint density at radius 2 is 1.92 bits per heavy atom. The summed E-state index contributed by atoms with van der Waals surface area (Å²) in [6.45, 7) is 4.99. The molecule has 0 bridgehead atoms. The van der Waals surface area contributed by atoms with Crippen LogP contribution in [0.1, 0.15) is 18.6 Å². The van der Waals surface area contributed by atoms with E-state index in [1.807, 2.05) is 18.2 Å². The van der Waals surface area contributed by atoms with E-state index in [9.17, 15) is 10.2 Å². The highest BCUT2D eigenvalue weighted by Gasteiger charge is 2.27. The summed E-state index contributed by atoms with van der Waals surface area (Å²) in [7, 11) is 0. The predicted octanol–water partition coefficient (Wildman–Crippen LogP) is 1.66.